The van der Waals surface area contributed by atoms with Gasteiger partial charge in [-0.25, -0.2) is 9.97 Å². The summed E-state index contributed by atoms with van der Waals surface area (Å²) in [6, 6.07) is 1.76. The summed E-state index contributed by atoms with van der Waals surface area (Å²) in [5.74, 6) is 0.568. The van der Waals surface area contributed by atoms with E-state index in [0.29, 0.717) is 37.9 Å². The Bertz CT molecular complexity index is 564. The van der Waals surface area contributed by atoms with Crippen molar-refractivity contribution in [2.45, 2.75) is 33.0 Å². The number of anilines is 1. The molecule has 0 saturated carbocycles. The van der Waals surface area contributed by atoms with Crippen LogP contribution in [-0.2, 0) is 9.47 Å². The zero-order valence-electron chi connectivity index (χ0n) is 14.0. The molecule has 3 heterocycles. The second-order valence-electron chi connectivity index (χ2n) is 6.26. The van der Waals surface area contributed by atoms with E-state index in [-0.39, 0.29) is 18.1 Å². The highest BCUT2D eigenvalue weighted by atomic mass is 16.5. The lowest BCUT2D eigenvalue weighted by Gasteiger charge is -2.35. The molecule has 7 nitrogen and oxygen atoms in total. The van der Waals surface area contributed by atoms with Crippen LogP contribution in [0, 0.1) is 6.92 Å². The van der Waals surface area contributed by atoms with Crippen molar-refractivity contribution in [3.8, 4) is 0 Å². The lowest BCUT2D eigenvalue weighted by atomic mass is 10.2. The van der Waals surface area contributed by atoms with Crippen molar-refractivity contribution < 1.29 is 14.3 Å². The molecule has 1 amide bonds. The van der Waals surface area contributed by atoms with Crippen molar-refractivity contribution in [3.05, 3.63) is 17.5 Å². The van der Waals surface area contributed by atoms with E-state index in [1.165, 1.54) is 0 Å². The van der Waals surface area contributed by atoms with Crippen LogP contribution in [0.25, 0.3) is 0 Å². The maximum atomic E-state index is 12.8. The van der Waals surface area contributed by atoms with Gasteiger partial charge in [0.1, 0.15) is 5.69 Å². The van der Waals surface area contributed by atoms with Crippen molar-refractivity contribution in [2.24, 2.45) is 0 Å². The lowest BCUT2D eigenvalue weighted by molar-refractivity contribution is -0.0587. The minimum absolute atomic E-state index is 0.0457. The van der Waals surface area contributed by atoms with E-state index in [1.807, 2.05) is 25.7 Å². The molecule has 0 aromatic carbocycles. The number of carbonyl (C=O) groups is 1. The number of amides is 1. The average Bonchev–Trinajstić information content (AvgIpc) is 2.53. The predicted octanol–water partition coefficient (Wildman–Crippen LogP) is 0.871. The van der Waals surface area contributed by atoms with Gasteiger partial charge in [-0.3, -0.25) is 4.79 Å². The molecule has 0 unspecified atom stereocenters. The molecule has 0 spiro atoms. The van der Waals surface area contributed by atoms with Crippen LogP contribution in [0.1, 0.15) is 30.0 Å². The number of hydrogen-bond donors (Lipinski definition) is 0. The van der Waals surface area contributed by atoms with Gasteiger partial charge in [0.2, 0.25) is 5.95 Å². The Hall–Kier alpha value is -1.73. The third-order valence-corrected chi connectivity index (χ3v) is 4.06. The van der Waals surface area contributed by atoms with E-state index in [1.54, 1.807) is 6.07 Å². The minimum atomic E-state index is -0.0491. The first-order chi connectivity index (χ1) is 11.0. The summed E-state index contributed by atoms with van der Waals surface area (Å²) >= 11 is 0. The first kappa shape index (κ1) is 16.1. The van der Waals surface area contributed by atoms with Gasteiger partial charge in [0.15, 0.2) is 0 Å². The number of ether oxygens (including phenoxy) is 2. The lowest BCUT2D eigenvalue weighted by Crippen LogP contribution is -2.48. The van der Waals surface area contributed by atoms with Crippen molar-refractivity contribution in [2.75, 3.05) is 44.3 Å². The molecule has 2 aliphatic rings. The van der Waals surface area contributed by atoms with E-state index in [4.69, 9.17) is 9.47 Å². The van der Waals surface area contributed by atoms with E-state index in [2.05, 4.69) is 14.9 Å². The molecule has 0 aliphatic carbocycles. The van der Waals surface area contributed by atoms with Gasteiger partial charge in [0, 0.05) is 31.9 Å². The molecule has 0 bridgehead atoms. The Morgan fingerprint density at radius 2 is 1.83 bits per heavy atom. The van der Waals surface area contributed by atoms with Gasteiger partial charge < -0.3 is 19.3 Å². The molecule has 2 aliphatic heterocycles. The van der Waals surface area contributed by atoms with Crippen LogP contribution in [-0.4, -0.2) is 72.4 Å². The molecule has 0 radical (unpaired) electrons. The molecule has 0 N–H and O–H groups in total. The number of hydrogen-bond acceptors (Lipinski definition) is 6. The summed E-state index contributed by atoms with van der Waals surface area (Å²) in [4.78, 5) is 25.7. The van der Waals surface area contributed by atoms with Crippen LogP contribution in [0.4, 0.5) is 5.95 Å². The highest BCUT2D eigenvalue weighted by Crippen LogP contribution is 2.17. The fourth-order valence-electron chi connectivity index (χ4n) is 3.07. The van der Waals surface area contributed by atoms with Gasteiger partial charge in [0.05, 0.1) is 25.4 Å². The summed E-state index contributed by atoms with van der Waals surface area (Å²) in [6.45, 7) is 9.90. The molecule has 2 fully saturated rings. The number of aryl methyl sites for hydroxylation is 1. The van der Waals surface area contributed by atoms with E-state index < -0.39 is 0 Å². The molecule has 1 aromatic heterocycles. The van der Waals surface area contributed by atoms with E-state index >= 15 is 0 Å². The summed E-state index contributed by atoms with van der Waals surface area (Å²) in [7, 11) is 0. The van der Waals surface area contributed by atoms with Crippen LogP contribution >= 0.6 is 0 Å². The van der Waals surface area contributed by atoms with Gasteiger partial charge in [-0.05, 0) is 26.8 Å². The first-order valence-corrected chi connectivity index (χ1v) is 8.16. The molecular weight excluding hydrogens is 296 g/mol. The summed E-state index contributed by atoms with van der Waals surface area (Å²) in [5.41, 5.74) is 1.26. The molecule has 3 rings (SSSR count). The maximum Gasteiger partial charge on any atom is 0.272 e. The van der Waals surface area contributed by atoms with Crippen LogP contribution in [0.5, 0.6) is 0 Å². The van der Waals surface area contributed by atoms with Crippen LogP contribution in [0.15, 0.2) is 6.07 Å². The number of morpholine rings is 2. The standard InChI is InChI=1S/C16H24N4O3/c1-11-8-14(15(21)20-9-12(2)23-13(3)10-20)18-16(17-11)19-4-6-22-7-5-19/h8,12-13H,4-7,9-10H2,1-3H3/t12-,13+. The quantitative estimate of drug-likeness (QED) is 0.805. The van der Waals surface area contributed by atoms with Gasteiger partial charge in [-0.2, -0.15) is 0 Å². The third-order valence-electron chi connectivity index (χ3n) is 4.06. The zero-order chi connectivity index (χ0) is 16.4. The molecular formula is C16H24N4O3. The van der Waals surface area contributed by atoms with Crippen LogP contribution in [0.2, 0.25) is 0 Å². The highest BCUT2D eigenvalue weighted by Gasteiger charge is 2.28. The third kappa shape index (κ3) is 3.79. The Balaban J connectivity index is 1.81. The van der Waals surface area contributed by atoms with Gasteiger partial charge in [-0.1, -0.05) is 0 Å². The summed E-state index contributed by atoms with van der Waals surface area (Å²) in [6.07, 6.45) is 0.0914. The SMILES string of the molecule is Cc1cc(C(=O)N2C[C@@H](C)O[C@@H](C)C2)nc(N2CCOCC2)n1. The normalized spacial score (nSPS) is 25.5. The van der Waals surface area contributed by atoms with Gasteiger partial charge in [0.25, 0.3) is 5.91 Å². The number of carbonyl (C=O) groups excluding carboxylic acids is 1. The van der Waals surface area contributed by atoms with Crippen molar-refractivity contribution in [1.29, 1.82) is 0 Å². The van der Waals surface area contributed by atoms with Gasteiger partial charge in [-0.15, -0.1) is 0 Å². The van der Waals surface area contributed by atoms with Gasteiger partial charge >= 0.3 is 0 Å². The monoisotopic (exact) mass is 320 g/mol. The Morgan fingerprint density at radius 3 is 2.48 bits per heavy atom. The highest BCUT2D eigenvalue weighted by molar-refractivity contribution is 5.92. The predicted molar refractivity (Wildman–Crippen MR) is 85.7 cm³/mol. The fourth-order valence-corrected chi connectivity index (χ4v) is 3.07. The smallest absolute Gasteiger partial charge is 0.272 e. The van der Waals surface area contributed by atoms with E-state index in [0.717, 1.165) is 18.8 Å². The van der Waals surface area contributed by atoms with Crippen LogP contribution in [0.3, 0.4) is 0 Å². The second-order valence-corrected chi connectivity index (χ2v) is 6.26. The molecule has 2 atom stereocenters. The molecule has 7 heteroatoms. The topological polar surface area (TPSA) is 67.8 Å². The maximum absolute atomic E-state index is 12.8. The fraction of sp³-hybridized carbons (Fsp3) is 0.688. The molecule has 126 valence electrons. The second kappa shape index (κ2) is 6.80. The Labute approximate surface area is 136 Å². The summed E-state index contributed by atoms with van der Waals surface area (Å²) < 4.78 is 11.1. The molecule has 23 heavy (non-hydrogen) atoms. The van der Waals surface area contributed by atoms with Crippen LogP contribution < -0.4 is 4.90 Å². The largest absolute Gasteiger partial charge is 0.378 e. The van der Waals surface area contributed by atoms with E-state index in [9.17, 15) is 4.79 Å². The first-order valence-electron chi connectivity index (χ1n) is 8.16. The minimum Gasteiger partial charge on any atom is -0.378 e. The summed E-state index contributed by atoms with van der Waals surface area (Å²) in [5, 5.41) is 0. The Kier molecular flexibility index (Phi) is 4.77. The number of aromatic nitrogens is 2. The van der Waals surface area contributed by atoms with Crippen molar-refractivity contribution in [1.82, 2.24) is 14.9 Å². The van der Waals surface area contributed by atoms with Crippen molar-refractivity contribution in [3.63, 3.8) is 0 Å². The number of nitrogens with zero attached hydrogens (tertiary/aromatic N) is 4. The molecule has 1 aromatic rings. The van der Waals surface area contributed by atoms with Crippen molar-refractivity contribution >= 4 is 11.9 Å². The number of rotatable bonds is 2. The average molecular weight is 320 g/mol. The molecule has 2 saturated heterocycles. The Morgan fingerprint density at radius 1 is 1.17 bits per heavy atom. The zero-order valence-corrected chi connectivity index (χ0v) is 14.0.